The van der Waals surface area contributed by atoms with E-state index in [4.69, 9.17) is 0 Å². The number of carboxylic acids is 1. The standard InChI is InChI=1S/C15H18F2N2O3/c16-15(17)5-1-11(2-6-15)13(20)19-12(14(21)22)9-10-3-7-18-8-4-10/h3-4,7-8,11-12H,1-2,5-6,9H2,(H,19,20)(H,21,22). The van der Waals surface area contributed by atoms with Crippen LogP contribution in [0.25, 0.3) is 0 Å². The third-order valence-corrected chi connectivity index (χ3v) is 3.89. The average molecular weight is 312 g/mol. The van der Waals surface area contributed by atoms with Gasteiger partial charge in [-0.1, -0.05) is 0 Å². The highest BCUT2D eigenvalue weighted by Gasteiger charge is 2.38. The summed E-state index contributed by atoms with van der Waals surface area (Å²) in [5, 5.41) is 11.7. The first-order chi connectivity index (χ1) is 10.4. The van der Waals surface area contributed by atoms with Gasteiger partial charge in [0.05, 0.1) is 0 Å². The van der Waals surface area contributed by atoms with Crippen LogP contribution in [0.3, 0.4) is 0 Å². The number of alkyl halides is 2. The van der Waals surface area contributed by atoms with Crippen LogP contribution in [0.15, 0.2) is 24.5 Å². The molecule has 1 heterocycles. The van der Waals surface area contributed by atoms with Gasteiger partial charge in [0, 0.05) is 37.6 Å². The van der Waals surface area contributed by atoms with Crippen LogP contribution in [0, 0.1) is 5.92 Å². The van der Waals surface area contributed by atoms with Gasteiger partial charge in [-0.3, -0.25) is 9.78 Å². The van der Waals surface area contributed by atoms with Crippen LogP contribution in [0.2, 0.25) is 0 Å². The van der Waals surface area contributed by atoms with Crippen LogP contribution >= 0.6 is 0 Å². The maximum atomic E-state index is 13.1. The Morgan fingerprint density at radius 3 is 2.45 bits per heavy atom. The van der Waals surface area contributed by atoms with Crippen LogP contribution in [0.4, 0.5) is 8.78 Å². The molecule has 2 rings (SSSR count). The highest BCUT2D eigenvalue weighted by Crippen LogP contribution is 2.36. The quantitative estimate of drug-likeness (QED) is 0.872. The van der Waals surface area contributed by atoms with Gasteiger partial charge in [0.1, 0.15) is 6.04 Å². The summed E-state index contributed by atoms with van der Waals surface area (Å²) in [5.74, 6) is -4.86. The van der Waals surface area contributed by atoms with Gasteiger partial charge in [0.2, 0.25) is 11.8 Å². The van der Waals surface area contributed by atoms with Gasteiger partial charge in [-0.05, 0) is 30.5 Å². The number of hydrogen-bond donors (Lipinski definition) is 2. The molecule has 1 unspecified atom stereocenters. The maximum absolute atomic E-state index is 13.1. The Labute approximate surface area is 126 Å². The molecule has 1 aromatic rings. The van der Waals surface area contributed by atoms with E-state index in [-0.39, 0.29) is 32.1 Å². The molecular formula is C15H18F2N2O3. The van der Waals surface area contributed by atoms with Crippen molar-refractivity contribution in [3.63, 3.8) is 0 Å². The monoisotopic (exact) mass is 312 g/mol. The van der Waals surface area contributed by atoms with Crippen LogP contribution < -0.4 is 5.32 Å². The van der Waals surface area contributed by atoms with Gasteiger partial charge in [-0.2, -0.15) is 0 Å². The fourth-order valence-corrected chi connectivity index (χ4v) is 2.55. The Morgan fingerprint density at radius 2 is 1.91 bits per heavy atom. The van der Waals surface area contributed by atoms with Gasteiger partial charge in [0.15, 0.2) is 0 Å². The van der Waals surface area contributed by atoms with Crippen molar-refractivity contribution >= 4 is 11.9 Å². The summed E-state index contributed by atoms with van der Waals surface area (Å²) >= 11 is 0. The largest absolute Gasteiger partial charge is 0.480 e. The van der Waals surface area contributed by atoms with E-state index in [0.29, 0.717) is 0 Å². The number of nitrogens with one attached hydrogen (secondary N) is 1. The molecule has 22 heavy (non-hydrogen) atoms. The molecule has 1 aromatic heterocycles. The van der Waals surface area contributed by atoms with Gasteiger partial charge in [0.25, 0.3) is 0 Å². The molecule has 0 aliphatic heterocycles. The lowest BCUT2D eigenvalue weighted by Crippen LogP contribution is -2.46. The zero-order chi connectivity index (χ0) is 16.2. The zero-order valence-corrected chi connectivity index (χ0v) is 12.0. The van der Waals surface area contributed by atoms with Crippen molar-refractivity contribution in [2.45, 2.75) is 44.1 Å². The fourth-order valence-electron chi connectivity index (χ4n) is 2.55. The van der Waals surface area contributed by atoms with Crippen molar-refractivity contribution < 1.29 is 23.5 Å². The lowest BCUT2D eigenvalue weighted by Gasteiger charge is -2.28. The highest BCUT2D eigenvalue weighted by atomic mass is 19.3. The van der Waals surface area contributed by atoms with Crippen LogP contribution in [-0.2, 0) is 16.0 Å². The summed E-state index contributed by atoms with van der Waals surface area (Å²) in [7, 11) is 0. The predicted octanol–water partition coefficient (Wildman–Crippen LogP) is 2.02. The second-order valence-electron chi connectivity index (χ2n) is 5.59. The van der Waals surface area contributed by atoms with Crippen molar-refractivity contribution in [1.82, 2.24) is 10.3 Å². The Morgan fingerprint density at radius 1 is 1.32 bits per heavy atom. The molecule has 5 nitrogen and oxygen atoms in total. The summed E-state index contributed by atoms with van der Waals surface area (Å²) in [5.41, 5.74) is 0.734. The summed E-state index contributed by atoms with van der Waals surface area (Å²) in [6.07, 6.45) is 2.73. The number of rotatable bonds is 5. The van der Waals surface area contributed by atoms with E-state index in [1.54, 1.807) is 24.5 Å². The Balaban J connectivity index is 1.93. The molecule has 120 valence electrons. The van der Waals surface area contributed by atoms with Gasteiger partial charge < -0.3 is 10.4 Å². The molecule has 1 aliphatic carbocycles. The van der Waals surface area contributed by atoms with E-state index in [1.165, 1.54) is 0 Å². The average Bonchev–Trinajstić information content (AvgIpc) is 2.47. The van der Waals surface area contributed by atoms with E-state index in [2.05, 4.69) is 10.3 Å². The van der Waals surface area contributed by atoms with E-state index >= 15 is 0 Å². The first kappa shape index (κ1) is 16.3. The number of pyridine rings is 1. The van der Waals surface area contributed by atoms with E-state index < -0.39 is 29.8 Å². The number of amides is 1. The lowest BCUT2D eigenvalue weighted by molar-refractivity contribution is -0.143. The number of hydrogen-bond acceptors (Lipinski definition) is 3. The van der Waals surface area contributed by atoms with Crippen LogP contribution in [-0.4, -0.2) is 33.9 Å². The molecule has 1 aliphatic rings. The lowest BCUT2D eigenvalue weighted by atomic mass is 9.86. The number of carboxylic acid groups (broad SMARTS) is 1. The van der Waals surface area contributed by atoms with Crippen LogP contribution in [0.1, 0.15) is 31.2 Å². The zero-order valence-electron chi connectivity index (χ0n) is 12.0. The first-order valence-electron chi connectivity index (χ1n) is 7.17. The number of carbonyl (C=O) groups excluding carboxylic acids is 1. The Kier molecular flexibility index (Phi) is 5.05. The van der Waals surface area contributed by atoms with Crippen molar-refractivity contribution in [3.8, 4) is 0 Å². The molecule has 0 bridgehead atoms. The third-order valence-electron chi connectivity index (χ3n) is 3.89. The van der Waals surface area contributed by atoms with Crippen molar-refractivity contribution in [2.24, 2.45) is 5.92 Å². The number of carbonyl (C=O) groups is 2. The van der Waals surface area contributed by atoms with Gasteiger partial charge >= 0.3 is 5.97 Å². The summed E-state index contributed by atoms with van der Waals surface area (Å²) in [6, 6.07) is 2.27. The molecule has 1 saturated carbocycles. The van der Waals surface area contributed by atoms with Crippen molar-refractivity contribution in [3.05, 3.63) is 30.1 Å². The third kappa shape index (κ3) is 4.47. The SMILES string of the molecule is O=C(NC(Cc1ccncc1)C(=O)O)C1CCC(F)(F)CC1. The number of aromatic nitrogens is 1. The molecular weight excluding hydrogens is 294 g/mol. The fraction of sp³-hybridized carbons (Fsp3) is 0.533. The maximum Gasteiger partial charge on any atom is 0.326 e. The molecule has 7 heteroatoms. The summed E-state index contributed by atoms with van der Waals surface area (Å²) < 4.78 is 26.2. The van der Waals surface area contributed by atoms with E-state index in [1.807, 2.05) is 0 Å². The second-order valence-corrected chi connectivity index (χ2v) is 5.59. The minimum Gasteiger partial charge on any atom is -0.480 e. The molecule has 0 spiro atoms. The number of halogens is 2. The summed E-state index contributed by atoms with van der Waals surface area (Å²) in [4.78, 5) is 27.2. The van der Waals surface area contributed by atoms with Gasteiger partial charge in [-0.15, -0.1) is 0 Å². The Hall–Kier alpha value is -2.05. The highest BCUT2D eigenvalue weighted by molar-refractivity contribution is 5.85. The summed E-state index contributed by atoms with van der Waals surface area (Å²) in [6.45, 7) is 0. The van der Waals surface area contributed by atoms with E-state index in [9.17, 15) is 23.5 Å². The first-order valence-corrected chi connectivity index (χ1v) is 7.17. The minimum atomic E-state index is -2.71. The Bertz CT molecular complexity index is 527. The van der Waals surface area contributed by atoms with E-state index in [0.717, 1.165) is 5.56 Å². The van der Waals surface area contributed by atoms with Gasteiger partial charge in [-0.25, -0.2) is 13.6 Å². The molecule has 0 radical (unpaired) electrons. The topological polar surface area (TPSA) is 79.3 Å². The smallest absolute Gasteiger partial charge is 0.326 e. The molecule has 2 N–H and O–H groups in total. The van der Waals surface area contributed by atoms with Crippen molar-refractivity contribution in [2.75, 3.05) is 0 Å². The molecule has 1 amide bonds. The normalized spacial score (nSPS) is 19.4. The second kappa shape index (κ2) is 6.81. The van der Waals surface area contributed by atoms with Crippen molar-refractivity contribution in [1.29, 1.82) is 0 Å². The van der Waals surface area contributed by atoms with Crippen LogP contribution in [0.5, 0.6) is 0 Å². The predicted molar refractivity (Wildman–Crippen MR) is 74.4 cm³/mol. The molecule has 0 saturated heterocycles. The number of aliphatic carboxylic acids is 1. The molecule has 0 aromatic carbocycles. The minimum absolute atomic E-state index is 0.0838. The molecule has 1 fully saturated rings. The number of nitrogens with zero attached hydrogens (tertiary/aromatic N) is 1. The molecule has 1 atom stereocenters.